The summed E-state index contributed by atoms with van der Waals surface area (Å²) in [5.74, 6) is 0. The average molecular weight is 700 g/mol. The van der Waals surface area contributed by atoms with E-state index in [0.29, 0.717) is 11.1 Å². The number of hydrogen-bond donors (Lipinski definition) is 0. The van der Waals surface area contributed by atoms with Crippen LogP contribution >= 0.6 is 0 Å². The highest BCUT2D eigenvalue weighted by atomic mass is 15.0. The van der Waals surface area contributed by atoms with Gasteiger partial charge in [0.1, 0.15) is 0 Å². The minimum Gasteiger partial charge on any atom is -0.309 e. The van der Waals surface area contributed by atoms with Gasteiger partial charge in [-0.05, 0) is 84.4 Å². The normalized spacial score (nSPS) is 11.6. The second-order valence-electron chi connectivity index (χ2n) is 13.9. The standard InChI is InChI=1S/C50H29N5/c51-30-33-25-28-36(29-41(33)32-23-26-35(27-24-32)53-44-18-7-3-14-39(44)49-34(31-52)11-9-20-46(49)53)54-45-19-8-4-15-40(45)50-47(54)21-10-22-48(50)55-42-16-5-1-12-37(42)38-13-2-6-17-43(38)55/h1-29H. The summed E-state index contributed by atoms with van der Waals surface area (Å²) < 4.78 is 6.93. The first-order valence-corrected chi connectivity index (χ1v) is 18.3. The fourth-order valence-electron chi connectivity index (χ4n) is 8.84. The molecule has 0 aliphatic heterocycles. The molecule has 0 aliphatic carbocycles. The van der Waals surface area contributed by atoms with Gasteiger partial charge in [-0.2, -0.15) is 10.5 Å². The van der Waals surface area contributed by atoms with Crippen molar-refractivity contribution in [3.63, 3.8) is 0 Å². The molecule has 3 aromatic heterocycles. The van der Waals surface area contributed by atoms with Gasteiger partial charge in [0.2, 0.25) is 0 Å². The lowest BCUT2D eigenvalue weighted by Crippen LogP contribution is -1.98. The Balaban J connectivity index is 1.10. The molecule has 0 atom stereocenters. The van der Waals surface area contributed by atoms with Crippen LogP contribution in [-0.4, -0.2) is 13.7 Å². The lowest BCUT2D eigenvalue weighted by atomic mass is 9.99. The van der Waals surface area contributed by atoms with Crippen LogP contribution in [0.4, 0.5) is 0 Å². The summed E-state index contributed by atoms with van der Waals surface area (Å²) in [5.41, 5.74) is 12.7. The van der Waals surface area contributed by atoms with Crippen molar-refractivity contribution in [3.05, 3.63) is 187 Å². The number of aromatic nitrogens is 3. The van der Waals surface area contributed by atoms with E-state index in [1.807, 2.05) is 30.3 Å². The highest BCUT2D eigenvalue weighted by Gasteiger charge is 2.20. The summed E-state index contributed by atoms with van der Waals surface area (Å²) >= 11 is 0. The van der Waals surface area contributed by atoms with Gasteiger partial charge in [0, 0.05) is 49.3 Å². The first-order chi connectivity index (χ1) is 27.2. The second-order valence-corrected chi connectivity index (χ2v) is 13.9. The molecular formula is C50H29N5. The SMILES string of the molecule is N#Cc1ccc(-n2c3ccccc3c3c(-n4c5ccccc5c5ccccc54)cccc32)cc1-c1ccc(-n2c3ccccc3c3c(C#N)cccc32)cc1. The van der Waals surface area contributed by atoms with Crippen molar-refractivity contribution in [2.24, 2.45) is 0 Å². The summed E-state index contributed by atoms with van der Waals surface area (Å²) in [6, 6.07) is 65.9. The Morgan fingerprint density at radius 3 is 1.44 bits per heavy atom. The number of rotatable bonds is 4. The molecule has 0 amide bonds. The van der Waals surface area contributed by atoms with E-state index in [-0.39, 0.29) is 0 Å². The van der Waals surface area contributed by atoms with Crippen molar-refractivity contribution >= 4 is 65.4 Å². The van der Waals surface area contributed by atoms with Crippen molar-refractivity contribution in [2.45, 2.75) is 0 Å². The van der Waals surface area contributed by atoms with E-state index in [0.717, 1.165) is 66.4 Å². The van der Waals surface area contributed by atoms with E-state index in [4.69, 9.17) is 0 Å². The number of hydrogen-bond acceptors (Lipinski definition) is 2. The molecular weight excluding hydrogens is 671 g/mol. The number of benzene rings is 8. The minimum absolute atomic E-state index is 0.610. The molecule has 0 aliphatic rings. The molecule has 0 unspecified atom stereocenters. The third-order valence-electron chi connectivity index (χ3n) is 11.1. The molecule has 0 radical (unpaired) electrons. The maximum absolute atomic E-state index is 10.4. The van der Waals surface area contributed by atoms with Crippen LogP contribution in [0.2, 0.25) is 0 Å². The van der Waals surface area contributed by atoms with Gasteiger partial charge in [-0.1, -0.05) is 97.1 Å². The van der Waals surface area contributed by atoms with E-state index < -0.39 is 0 Å². The highest BCUT2D eigenvalue weighted by Crippen LogP contribution is 2.41. The zero-order valence-electron chi connectivity index (χ0n) is 29.5. The topological polar surface area (TPSA) is 62.4 Å². The van der Waals surface area contributed by atoms with E-state index in [2.05, 4.69) is 171 Å². The maximum atomic E-state index is 10.4. The van der Waals surface area contributed by atoms with Crippen LogP contribution < -0.4 is 0 Å². The molecule has 0 saturated carbocycles. The monoisotopic (exact) mass is 699 g/mol. The summed E-state index contributed by atoms with van der Waals surface area (Å²) in [7, 11) is 0. The number of fused-ring (bicyclic) bond motifs is 9. The summed E-state index contributed by atoms with van der Waals surface area (Å²) in [6.45, 7) is 0. The van der Waals surface area contributed by atoms with Crippen molar-refractivity contribution in [2.75, 3.05) is 0 Å². The molecule has 3 heterocycles. The molecule has 0 N–H and O–H groups in total. The predicted molar refractivity (Wildman–Crippen MR) is 224 cm³/mol. The van der Waals surface area contributed by atoms with Crippen molar-refractivity contribution < 1.29 is 0 Å². The summed E-state index contributed by atoms with van der Waals surface area (Å²) in [6.07, 6.45) is 0. The average Bonchev–Trinajstić information content (AvgIpc) is 3.89. The molecule has 5 heteroatoms. The Morgan fingerprint density at radius 2 is 0.818 bits per heavy atom. The van der Waals surface area contributed by atoms with E-state index in [9.17, 15) is 10.5 Å². The molecule has 55 heavy (non-hydrogen) atoms. The number of para-hydroxylation sites is 4. The Bertz CT molecular complexity index is 3400. The molecule has 11 rings (SSSR count). The van der Waals surface area contributed by atoms with E-state index in [1.54, 1.807) is 0 Å². The number of nitriles is 2. The fourth-order valence-corrected chi connectivity index (χ4v) is 8.84. The Labute approximate surface area is 316 Å². The van der Waals surface area contributed by atoms with Gasteiger partial charge in [0.25, 0.3) is 0 Å². The third-order valence-corrected chi connectivity index (χ3v) is 11.1. The van der Waals surface area contributed by atoms with Crippen LogP contribution in [-0.2, 0) is 0 Å². The van der Waals surface area contributed by atoms with E-state index >= 15 is 0 Å². The van der Waals surface area contributed by atoms with Crippen LogP contribution in [0.5, 0.6) is 0 Å². The molecule has 0 bridgehead atoms. The van der Waals surface area contributed by atoms with Crippen LogP contribution in [0.25, 0.3) is 93.6 Å². The van der Waals surface area contributed by atoms with Crippen molar-refractivity contribution in [1.82, 2.24) is 13.7 Å². The van der Waals surface area contributed by atoms with Gasteiger partial charge in [0.15, 0.2) is 0 Å². The molecule has 0 fully saturated rings. The van der Waals surface area contributed by atoms with Crippen molar-refractivity contribution in [3.8, 4) is 40.3 Å². The lowest BCUT2D eigenvalue weighted by molar-refractivity contribution is 1.17. The minimum atomic E-state index is 0.610. The van der Waals surface area contributed by atoms with Crippen LogP contribution in [0.1, 0.15) is 11.1 Å². The predicted octanol–water partition coefficient (Wildman–Crippen LogP) is 12.4. The molecule has 5 nitrogen and oxygen atoms in total. The van der Waals surface area contributed by atoms with Gasteiger partial charge in [-0.15, -0.1) is 0 Å². The van der Waals surface area contributed by atoms with Crippen LogP contribution in [0.3, 0.4) is 0 Å². The molecule has 11 aromatic rings. The lowest BCUT2D eigenvalue weighted by Gasteiger charge is -2.14. The Hall–Kier alpha value is -7.86. The maximum Gasteiger partial charge on any atom is 0.0998 e. The van der Waals surface area contributed by atoms with Gasteiger partial charge in [0.05, 0.1) is 62.1 Å². The van der Waals surface area contributed by atoms with Gasteiger partial charge in [-0.25, -0.2) is 0 Å². The summed E-state index contributed by atoms with van der Waals surface area (Å²) in [5, 5.41) is 27.1. The van der Waals surface area contributed by atoms with Gasteiger partial charge >= 0.3 is 0 Å². The third kappa shape index (κ3) is 4.39. The van der Waals surface area contributed by atoms with Crippen molar-refractivity contribution in [1.29, 1.82) is 10.5 Å². The molecule has 254 valence electrons. The van der Waals surface area contributed by atoms with E-state index in [1.165, 1.54) is 27.2 Å². The molecule has 0 saturated heterocycles. The first-order valence-electron chi connectivity index (χ1n) is 18.3. The molecule has 8 aromatic carbocycles. The largest absolute Gasteiger partial charge is 0.309 e. The first kappa shape index (κ1) is 30.7. The fraction of sp³-hybridized carbons (Fsp3) is 0. The van der Waals surface area contributed by atoms with Crippen LogP contribution in [0, 0.1) is 22.7 Å². The smallest absolute Gasteiger partial charge is 0.0998 e. The molecule has 0 spiro atoms. The van der Waals surface area contributed by atoms with Crippen LogP contribution in [0.15, 0.2) is 176 Å². The van der Waals surface area contributed by atoms with Gasteiger partial charge < -0.3 is 13.7 Å². The number of nitrogens with zero attached hydrogens (tertiary/aromatic N) is 5. The Morgan fingerprint density at radius 1 is 0.345 bits per heavy atom. The zero-order chi connectivity index (χ0) is 36.6. The Kier molecular flexibility index (Phi) is 6.61. The zero-order valence-corrected chi connectivity index (χ0v) is 29.5. The highest BCUT2D eigenvalue weighted by molar-refractivity contribution is 6.16. The van der Waals surface area contributed by atoms with Gasteiger partial charge in [-0.3, -0.25) is 0 Å². The quantitative estimate of drug-likeness (QED) is 0.184. The second kappa shape index (κ2) is 11.8. The summed E-state index contributed by atoms with van der Waals surface area (Å²) in [4.78, 5) is 0.